The summed E-state index contributed by atoms with van der Waals surface area (Å²) in [7, 11) is 1.78. The van der Waals surface area contributed by atoms with Gasteiger partial charge in [-0.2, -0.15) is 0 Å². The van der Waals surface area contributed by atoms with E-state index in [0.29, 0.717) is 17.2 Å². The molecule has 0 saturated carbocycles. The lowest BCUT2D eigenvalue weighted by Crippen LogP contribution is -2.23. The monoisotopic (exact) mass is 402 g/mol. The lowest BCUT2D eigenvalue weighted by atomic mass is 9.94. The van der Waals surface area contributed by atoms with Crippen molar-refractivity contribution in [1.82, 2.24) is 15.3 Å². The summed E-state index contributed by atoms with van der Waals surface area (Å²) in [6.07, 6.45) is 2.76. The number of fused-ring (bicyclic) bond motifs is 1. The third-order valence-electron chi connectivity index (χ3n) is 5.43. The lowest BCUT2D eigenvalue weighted by molar-refractivity contribution is 0.100. The largest absolute Gasteiger partial charge is 0.376 e. The van der Waals surface area contributed by atoms with Crippen LogP contribution < -0.4 is 21.7 Å². The first-order valence-electron chi connectivity index (χ1n) is 10.1. The standard InChI is InChI=1S/C23H26N6O/c1-14(20-8-10-27-23(25-2)29-20)28-21-12-17(5-6-19(21)22(24)30)16-4-3-15-7-9-26-13-18(15)11-16/h3-6,8,10-12,14,26,28H,7,9,13H2,1-2H3,(H2,24,30)(H,25,27,29). The fourth-order valence-electron chi connectivity index (χ4n) is 3.76. The molecular weight excluding hydrogens is 376 g/mol. The molecule has 1 aromatic heterocycles. The minimum atomic E-state index is -0.468. The van der Waals surface area contributed by atoms with Gasteiger partial charge in [0.25, 0.3) is 5.91 Å². The molecule has 7 heteroatoms. The maximum atomic E-state index is 12.0. The summed E-state index contributed by atoms with van der Waals surface area (Å²) >= 11 is 0. The molecule has 0 aliphatic carbocycles. The molecular formula is C23H26N6O. The highest BCUT2D eigenvalue weighted by atomic mass is 16.1. The predicted molar refractivity (Wildman–Crippen MR) is 119 cm³/mol. The minimum Gasteiger partial charge on any atom is -0.376 e. The van der Waals surface area contributed by atoms with Crippen LogP contribution in [-0.4, -0.2) is 29.5 Å². The van der Waals surface area contributed by atoms with E-state index in [4.69, 9.17) is 5.73 Å². The van der Waals surface area contributed by atoms with Crippen molar-refractivity contribution < 1.29 is 4.79 Å². The van der Waals surface area contributed by atoms with Gasteiger partial charge in [0.1, 0.15) is 0 Å². The van der Waals surface area contributed by atoms with Crippen LogP contribution in [0.3, 0.4) is 0 Å². The normalized spacial score (nSPS) is 13.9. The fourth-order valence-corrected chi connectivity index (χ4v) is 3.76. The molecule has 0 saturated heterocycles. The van der Waals surface area contributed by atoms with Crippen molar-refractivity contribution in [1.29, 1.82) is 0 Å². The van der Waals surface area contributed by atoms with Crippen molar-refractivity contribution >= 4 is 17.5 Å². The Morgan fingerprint density at radius 2 is 1.93 bits per heavy atom. The summed E-state index contributed by atoms with van der Waals surface area (Å²) in [5.41, 5.74) is 12.4. The highest BCUT2D eigenvalue weighted by molar-refractivity contribution is 5.99. The highest BCUT2D eigenvalue weighted by Gasteiger charge is 2.16. The maximum absolute atomic E-state index is 12.0. The first-order valence-corrected chi connectivity index (χ1v) is 10.1. The molecule has 3 aromatic rings. The van der Waals surface area contributed by atoms with Crippen LogP contribution >= 0.6 is 0 Å². The van der Waals surface area contributed by atoms with E-state index in [2.05, 4.69) is 44.1 Å². The molecule has 0 fully saturated rings. The average Bonchev–Trinajstić information content (AvgIpc) is 2.78. The van der Waals surface area contributed by atoms with Crippen LogP contribution in [0.2, 0.25) is 0 Å². The number of hydrogen-bond acceptors (Lipinski definition) is 6. The molecule has 5 N–H and O–H groups in total. The fraction of sp³-hybridized carbons (Fsp3) is 0.261. The third kappa shape index (κ3) is 4.11. The van der Waals surface area contributed by atoms with E-state index in [1.54, 1.807) is 19.3 Å². The Labute approximate surface area is 176 Å². The van der Waals surface area contributed by atoms with Crippen LogP contribution in [0, 0.1) is 0 Å². The van der Waals surface area contributed by atoms with Gasteiger partial charge >= 0.3 is 0 Å². The van der Waals surface area contributed by atoms with E-state index >= 15 is 0 Å². The van der Waals surface area contributed by atoms with E-state index < -0.39 is 5.91 Å². The van der Waals surface area contributed by atoms with Crippen LogP contribution in [0.15, 0.2) is 48.7 Å². The number of carbonyl (C=O) groups is 1. The van der Waals surface area contributed by atoms with E-state index in [-0.39, 0.29) is 6.04 Å². The number of rotatable bonds is 6. The van der Waals surface area contributed by atoms with Gasteiger partial charge in [0.05, 0.1) is 17.3 Å². The predicted octanol–water partition coefficient (Wildman–Crippen LogP) is 3.10. The van der Waals surface area contributed by atoms with Gasteiger partial charge in [-0.1, -0.05) is 18.2 Å². The average molecular weight is 403 g/mol. The molecule has 1 aliphatic rings. The highest BCUT2D eigenvalue weighted by Crippen LogP contribution is 2.30. The van der Waals surface area contributed by atoms with Crippen molar-refractivity contribution in [2.45, 2.75) is 25.9 Å². The summed E-state index contributed by atoms with van der Waals surface area (Å²) in [6, 6.07) is 14.0. The Morgan fingerprint density at radius 3 is 2.73 bits per heavy atom. The van der Waals surface area contributed by atoms with Gasteiger partial charge in [-0.3, -0.25) is 4.79 Å². The van der Waals surface area contributed by atoms with Crippen molar-refractivity contribution in [3.05, 3.63) is 71.0 Å². The Kier molecular flexibility index (Phi) is 5.63. The second kappa shape index (κ2) is 8.51. The Morgan fingerprint density at radius 1 is 1.13 bits per heavy atom. The van der Waals surface area contributed by atoms with E-state index in [9.17, 15) is 4.79 Å². The lowest BCUT2D eigenvalue weighted by Gasteiger charge is -2.20. The third-order valence-corrected chi connectivity index (χ3v) is 5.43. The zero-order valence-electron chi connectivity index (χ0n) is 17.2. The molecule has 0 bridgehead atoms. The second-order valence-corrected chi connectivity index (χ2v) is 7.46. The number of hydrogen-bond donors (Lipinski definition) is 4. The molecule has 0 spiro atoms. The van der Waals surface area contributed by atoms with Gasteiger partial charge in [-0.05, 0) is 66.4 Å². The molecule has 4 rings (SSSR count). The first-order chi connectivity index (χ1) is 14.5. The van der Waals surface area contributed by atoms with Crippen LogP contribution in [0.4, 0.5) is 11.6 Å². The maximum Gasteiger partial charge on any atom is 0.250 e. The van der Waals surface area contributed by atoms with Crippen LogP contribution in [0.25, 0.3) is 11.1 Å². The van der Waals surface area contributed by atoms with Crippen molar-refractivity contribution in [2.75, 3.05) is 24.2 Å². The smallest absolute Gasteiger partial charge is 0.250 e. The van der Waals surface area contributed by atoms with Crippen molar-refractivity contribution in [2.24, 2.45) is 5.73 Å². The van der Waals surface area contributed by atoms with Crippen LogP contribution in [0.1, 0.15) is 40.1 Å². The van der Waals surface area contributed by atoms with Gasteiger partial charge in [-0.25, -0.2) is 9.97 Å². The van der Waals surface area contributed by atoms with Crippen molar-refractivity contribution in [3.8, 4) is 11.1 Å². The summed E-state index contributed by atoms with van der Waals surface area (Å²) in [4.78, 5) is 20.7. The number of primary amides is 1. The number of nitrogens with one attached hydrogen (secondary N) is 3. The van der Waals surface area contributed by atoms with Gasteiger partial charge in [0.15, 0.2) is 0 Å². The molecule has 0 radical (unpaired) electrons. The van der Waals surface area contributed by atoms with Gasteiger partial charge < -0.3 is 21.7 Å². The summed E-state index contributed by atoms with van der Waals surface area (Å²) in [5.74, 6) is 0.0807. The number of carbonyl (C=O) groups excluding carboxylic acids is 1. The second-order valence-electron chi connectivity index (χ2n) is 7.46. The number of benzene rings is 2. The summed E-state index contributed by atoms with van der Waals surface area (Å²) in [5, 5.41) is 9.76. The summed E-state index contributed by atoms with van der Waals surface area (Å²) in [6.45, 7) is 3.89. The molecule has 2 heterocycles. The molecule has 2 aromatic carbocycles. The molecule has 1 atom stereocenters. The molecule has 1 unspecified atom stereocenters. The molecule has 1 amide bonds. The topological polar surface area (TPSA) is 105 Å². The quantitative estimate of drug-likeness (QED) is 0.505. The van der Waals surface area contributed by atoms with Gasteiger partial charge in [0.2, 0.25) is 5.95 Å². The van der Waals surface area contributed by atoms with Crippen LogP contribution in [-0.2, 0) is 13.0 Å². The van der Waals surface area contributed by atoms with Crippen molar-refractivity contribution in [3.63, 3.8) is 0 Å². The Balaban J connectivity index is 1.67. The number of nitrogens with zero attached hydrogens (tertiary/aromatic N) is 2. The van der Waals surface area contributed by atoms with E-state index in [1.807, 2.05) is 25.1 Å². The van der Waals surface area contributed by atoms with Gasteiger partial charge in [-0.15, -0.1) is 0 Å². The SMILES string of the molecule is CNc1nccc(C(C)Nc2cc(-c3ccc4c(c3)CNCC4)ccc2C(N)=O)n1. The molecule has 7 nitrogen and oxygen atoms in total. The minimum absolute atomic E-state index is 0.138. The molecule has 1 aliphatic heterocycles. The first kappa shape index (κ1) is 19.8. The molecule has 154 valence electrons. The Bertz CT molecular complexity index is 1080. The van der Waals surface area contributed by atoms with Gasteiger partial charge in [0, 0.05) is 25.5 Å². The number of aromatic nitrogens is 2. The number of amides is 1. The zero-order valence-corrected chi connectivity index (χ0v) is 17.2. The number of nitrogens with two attached hydrogens (primary N) is 1. The number of anilines is 2. The zero-order chi connectivity index (χ0) is 21.1. The molecule has 30 heavy (non-hydrogen) atoms. The Hall–Kier alpha value is -3.45. The van der Waals surface area contributed by atoms with E-state index in [0.717, 1.165) is 36.3 Å². The summed E-state index contributed by atoms with van der Waals surface area (Å²) < 4.78 is 0. The van der Waals surface area contributed by atoms with E-state index in [1.165, 1.54) is 11.1 Å². The van der Waals surface area contributed by atoms with Crippen LogP contribution in [0.5, 0.6) is 0 Å².